The van der Waals surface area contributed by atoms with E-state index in [4.69, 9.17) is 4.74 Å². The second-order valence-electron chi connectivity index (χ2n) is 9.57. The molecular weight excluding hydrogens is 492 g/mol. The third kappa shape index (κ3) is 4.72. The standard InChI is InChI=1S/C26H28N6O4S/c1-17(33)22-14-27-26(30-25(22)28-18-7-8-18)29-19-9-10-23-24(13-19)36-16-20-15-31(11-12-32(20)23)37(34,35)21-5-3-2-4-6-21/h2-6,9-10,13-14,18,20H,7-8,11-12,15-16H2,1H3,(H2,27,28,29,30)/t20-/m0/s1. The third-order valence-electron chi connectivity index (χ3n) is 6.87. The number of hydrogen-bond donors (Lipinski definition) is 2. The number of benzene rings is 2. The Kier molecular flexibility index (Phi) is 5.96. The highest BCUT2D eigenvalue weighted by Gasteiger charge is 2.37. The highest BCUT2D eigenvalue weighted by molar-refractivity contribution is 7.89. The predicted molar refractivity (Wildman–Crippen MR) is 140 cm³/mol. The maximum absolute atomic E-state index is 13.1. The van der Waals surface area contributed by atoms with Crippen molar-refractivity contribution in [3.63, 3.8) is 0 Å². The van der Waals surface area contributed by atoms with Crippen molar-refractivity contribution < 1.29 is 17.9 Å². The Morgan fingerprint density at radius 2 is 1.92 bits per heavy atom. The largest absolute Gasteiger partial charge is 0.489 e. The molecule has 3 heterocycles. The van der Waals surface area contributed by atoms with Crippen LogP contribution >= 0.6 is 0 Å². The van der Waals surface area contributed by atoms with Crippen molar-refractivity contribution in [2.24, 2.45) is 0 Å². The van der Waals surface area contributed by atoms with Crippen molar-refractivity contribution >= 4 is 38.9 Å². The fraction of sp³-hybridized carbons (Fsp3) is 0.346. The van der Waals surface area contributed by atoms with E-state index in [0.717, 1.165) is 30.0 Å². The molecule has 0 unspecified atom stereocenters. The summed E-state index contributed by atoms with van der Waals surface area (Å²) in [4.78, 5) is 23.3. The van der Waals surface area contributed by atoms with E-state index in [1.165, 1.54) is 6.92 Å². The molecule has 1 saturated carbocycles. The monoisotopic (exact) mass is 520 g/mol. The molecule has 10 nitrogen and oxygen atoms in total. The normalized spacial score (nSPS) is 19.4. The molecule has 2 N–H and O–H groups in total. The van der Waals surface area contributed by atoms with Gasteiger partial charge in [-0.1, -0.05) is 18.2 Å². The third-order valence-corrected chi connectivity index (χ3v) is 8.75. The minimum Gasteiger partial charge on any atom is -0.489 e. The number of piperazine rings is 1. The lowest BCUT2D eigenvalue weighted by Gasteiger charge is -2.45. The molecule has 2 aliphatic heterocycles. The Hall–Kier alpha value is -3.70. The van der Waals surface area contributed by atoms with Gasteiger partial charge in [0.15, 0.2) is 5.78 Å². The van der Waals surface area contributed by atoms with Gasteiger partial charge in [0, 0.05) is 43.6 Å². The second kappa shape index (κ2) is 9.31. The number of nitrogens with one attached hydrogen (secondary N) is 2. The van der Waals surface area contributed by atoms with Crippen LogP contribution in [0.1, 0.15) is 30.1 Å². The van der Waals surface area contributed by atoms with E-state index in [0.29, 0.717) is 54.5 Å². The number of hydrogen-bond acceptors (Lipinski definition) is 9. The molecule has 0 radical (unpaired) electrons. The maximum Gasteiger partial charge on any atom is 0.243 e. The molecule has 3 aromatic rings. The van der Waals surface area contributed by atoms with Crippen molar-refractivity contribution in [2.45, 2.75) is 36.7 Å². The molecule has 0 amide bonds. The van der Waals surface area contributed by atoms with Crippen molar-refractivity contribution in [3.8, 4) is 5.75 Å². The van der Waals surface area contributed by atoms with Crippen molar-refractivity contribution in [3.05, 3.63) is 60.3 Å². The number of rotatable bonds is 7. The van der Waals surface area contributed by atoms with Gasteiger partial charge in [0.05, 0.1) is 22.2 Å². The Morgan fingerprint density at radius 1 is 1.11 bits per heavy atom. The average molecular weight is 521 g/mol. The van der Waals surface area contributed by atoms with Crippen molar-refractivity contribution in [1.29, 1.82) is 0 Å². The minimum atomic E-state index is -3.55. The first-order valence-corrected chi connectivity index (χ1v) is 13.8. The summed E-state index contributed by atoms with van der Waals surface area (Å²) in [6.07, 6.45) is 3.68. The Balaban J connectivity index is 1.18. The van der Waals surface area contributed by atoms with E-state index in [-0.39, 0.29) is 11.8 Å². The van der Waals surface area contributed by atoms with Crippen LogP contribution < -0.4 is 20.3 Å². The molecule has 6 rings (SSSR count). The summed E-state index contributed by atoms with van der Waals surface area (Å²) in [7, 11) is -3.55. The number of Topliss-reactive ketones (excluding diaryl/α,β-unsaturated/α-hetero) is 1. The number of nitrogens with zero attached hydrogens (tertiary/aromatic N) is 4. The quantitative estimate of drug-likeness (QED) is 0.453. The summed E-state index contributed by atoms with van der Waals surface area (Å²) in [6, 6.07) is 14.6. The Bertz CT molecular complexity index is 1440. The topological polar surface area (TPSA) is 117 Å². The van der Waals surface area contributed by atoms with E-state index in [1.54, 1.807) is 34.8 Å². The van der Waals surface area contributed by atoms with Gasteiger partial charge < -0.3 is 20.3 Å². The van der Waals surface area contributed by atoms with Gasteiger partial charge in [0.2, 0.25) is 16.0 Å². The fourth-order valence-corrected chi connectivity index (χ4v) is 6.23. The molecule has 1 aromatic heterocycles. The Morgan fingerprint density at radius 3 is 2.68 bits per heavy atom. The van der Waals surface area contributed by atoms with E-state index in [9.17, 15) is 13.2 Å². The molecule has 192 valence electrons. The molecule has 1 atom stereocenters. The van der Waals surface area contributed by atoms with Gasteiger partial charge in [0.1, 0.15) is 18.2 Å². The molecule has 37 heavy (non-hydrogen) atoms. The fourth-order valence-electron chi connectivity index (χ4n) is 4.74. The summed E-state index contributed by atoms with van der Waals surface area (Å²) >= 11 is 0. The number of aromatic nitrogens is 2. The summed E-state index contributed by atoms with van der Waals surface area (Å²) in [5, 5.41) is 6.52. The molecule has 1 saturated heterocycles. The van der Waals surface area contributed by atoms with E-state index in [1.807, 2.05) is 24.3 Å². The zero-order valence-electron chi connectivity index (χ0n) is 20.4. The van der Waals surface area contributed by atoms with Gasteiger partial charge in [0.25, 0.3) is 0 Å². The molecule has 2 fully saturated rings. The smallest absolute Gasteiger partial charge is 0.243 e. The highest BCUT2D eigenvalue weighted by atomic mass is 32.2. The predicted octanol–water partition coefficient (Wildman–Crippen LogP) is 3.27. The van der Waals surface area contributed by atoms with Crippen LogP contribution in [0.15, 0.2) is 59.6 Å². The number of carbonyl (C=O) groups is 1. The van der Waals surface area contributed by atoms with Crippen LogP contribution in [0.25, 0.3) is 0 Å². The molecular formula is C26H28N6O4S. The minimum absolute atomic E-state index is 0.0722. The number of ketones is 1. The number of carbonyl (C=O) groups excluding carboxylic acids is 1. The average Bonchev–Trinajstić information content (AvgIpc) is 3.72. The van der Waals surface area contributed by atoms with Gasteiger partial charge in [-0.05, 0) is 44.0 Å². The molecule has 0 spiro atoms. The lowest BCUT2D eigenvalue weighted by Crippen LogP contribution is -2.58. The van der Waals surface area contributed by atoms with Gasteiger partial charge in [-0.2, -0.15) is 9.29 Å². The number of fused-ring (bicyclic) bond motifs is 3. The van der Waals surface area contributed by atoms with Crippen LogP contribution in [-0.4, -0.2) is 66.8 Å². The summed E-state index contributed by atoms with van der Waals surface area (Å²) < 4.78 is 33.8. The first kappa shape index (κ1) is 23.7. The number of sulfonamides is 1. The lowest BCUT2D eigenvalue weighted by atomic mass is 10.1. The van der Waals surface area contributed by atoms with E-state index >= 15 is 0 Å². The Labute approximate surface area is 215 Å². The highest BCUT2D eigenvalue weighted by Crippen LogP contribution is 2.38. The van der Waals surface area contributed by atoms with Crippen molar-refractivity contribution in [1.82, 2.24) is 14.3 Å². The zero-order chi connectivity index (χ0) is 25.6. The molecule has 2 aromatic carbocycles. The summed E-state index contributed by atoms with van der Waals surface area (Å²) in [5.41, 5.74) is 2.17. The summed E-state index contributed by atoms with van der Waals surface area (Å²) in [5.74, 6) is 1.58. The first-order chi connectivity index (χ1) is 17.9. The number of ether oxygens (including phenoxy) is 1. The summed E-state index contributed by atoms with van der Waals surface area (Å²) in [6.45, 7) is 3.24. The van der Waals surface area contributed by atoms with Crippen molar-refractivity contribution in [2.75, 3.05) is 41.8 Å². The van der Waals surface area contributed by atoms with E-state index < -0.39 is 10.0 Å². The first-order valence-electron chi connectivity index (χ1n) is 12.4. The second-order valence-corrected chi connectivity index (χ2v) is 11.5. The van der Waals surface area contributed by atoms with Crippen LogP contribution in [0.5, 0.6) is 5.75 Å². The van der Waals surface area contributed by atoms with Crippen LogP contribution in [0, 0.1) is 0 Å². The molecule has 11 heteroatoms. The number of anilines is 4. The molecule has 3 aliphatic rings. The zero-order valence-corrected chi connectivity index (χ0v) is 21.2. The van der Waals surface area contributed by atoms with Gasteiger partial charge >= 0.3 is 0 Å². The van der Waals surface area contributed by atoms with Gasteiger partial charge in [-0.3, -0.25) is 4.79 Å². The van der Waals surface area contributed by atoms with Crippen LogP contribution in [0.2, 0.25) is 0 Å². The van der Waals surface area contributed by atoms with Gasteiger partial charge in [-0.25, -0.2) is 13.4 Å². The van der Waals surface area contributed by atoms with Crippen LogP contribution in [-0.2, 0) is 10.0 Å². The van der Waals surface area contributed by atoms with Gasteiger partial charge in [-0.15, -0.1) is 0 Å². The molecule has 0 bridgehead atoms. The van der Waals surface area contributed by atoms with Crippen LogP contribution in [0.4, 0.5) is 23.1 Å². The van der Waals surface area contributed by atoms with E-state index in [2.05, 4.69) is 25.5 Å². The molecule has 1 aliphatic carbocycles. The SMILES string of the molecule is CC(=O)c1cnc(Nc2ccc3c(c2)OC[C@@H]2CN(S(=O)(=O)c4ccccc4)CCN32)nc1NC1CC1. The van der Waals surface area contributed by atoms with Crippen LogP contribution in [0.3, 0.4) is 0 Å². The maximum atomic E-state index is 13.1. The lowest BCUT2D eigenvalue weighted by molar-refractivity contribution is 0.101.